The quantitative estimate of drug-likeness (QED) is 0.715. The van der Waals surface area contributed by atoms with Gasteiger partial charge >= 0.3 is 0 Å². The highest BCUT2D eigenvalue weighted by atomic mass is 16.5. The van der Waals surface area contributed by atoms with E-state index in [1.54, 1.807) is 13.4 Å². The van der Waals surface area contributed by atoms with E-state index < -0.39 is 0 Å². The molecule has 2 atom stereocenters. The van der Waals surface area contributed by atoms with Crippen molar-refractivity contribution >= 4 is 0 Å². The fraction of sp³-hybridized carbons (Fsp3) is 0.867. The Hall–Kier alpha value is -0.940. The summed E-state index contributed by atoms with van der Waals surface area (Å²) < 4.78 is 7.42. The maximum atomic E-state index is 5.39. The highest BCUT2D eigenvalue weighted by Gasteiger charge is 2.16. The van der Waals surface area contributed by atoms with Gasteiger partial charge in [0.25, 0.3) is 0 Å². The molecule has 1 aromatic rings. The number of rotatable bonds is 10. The summed E-state index contributed by atoms with van der Waals surface area (Å²) in [6, 6.07) is 0.389. The zero-order valence-corrected chi connectivity index (χ0v) is 13.6. The summed E-state index contributed by atoms with van der Waals surface area (Å²) in [6.45, 7) is 10.6. The van der Waals surface area contributed by atoms with Gasteiger partial charge in [-0.3, -0.25) is 0 Å². The Bertz CT molecular complexity index is 365. The molecule has 0 aromatic carbocycles. The van der Waals surface area contributed by atoms with Crippen molar-refractivity contribution in [2.45, 2.75) is 65.6 Å². The van der Waals surface area contributed by atoms with E-state index in [2.05, 4.69) is 43.1 Å². The van der Waals surface area contributed by atoms with E-state index in [0.717, 1.165) is 38.2 Å². The molecule has 1 aromatic heterocycles. The summed E-state index contributed by atoms with van der Waals surface area (Å²) in [5.74, 6) is 1.64. The standard InChI is InChI=1S/C15H30N4O/c1-6-7-16-14(8-13(4)20-5)9-15-17-11-18-19(15)10-12(2)3/h11-14,16H,6-10H2,1-5H3. The highest BCUT2D eigenvalue weighted by molar-refractivity contribution is 4.91. The molecule has 20 heavy (non-hydrogen) atoms. The molecule has 0 fully saturated rings. The maximum absolute atomic E-state index is 5.39. The van der Waals surface area contributed by atoms with Crippen LogP contribution in [0.4, 0.5) is 0 Å². The first-order chi connectivity index (χ1) is 9.56. The van der Waals surface area contributed by atoms with Gasteiger partial charge in [0.15, 0.2) is 0 Å². The van der Waals surface area contributed by atoms with Crippen LogP contribution in [0.5, 0.6) is 0 Å². The number of ether oxygens (including phenoxy) is 1. The molecule has 0 saturated carbocycles. The number of hydrogen-bond acceptors (Lipinski definition) is 4. The molecule has 0 aliphatic carbocycles. The zero-order chi connectivity index (χ0) is 15.0. The van der Waals surface area contributed by atoms with Crippen molar-refractivity contribution in [1.29, 1.82) is 0 Å². The predicted octanol–water partition coefficient (Wildman–Crippen LogP) is 2.27. The molecule has 1 heterocycles. The van der Waals surface area contributed by atoms with Gasteiger partial charge in [-0.05, 0) is 32.2 Å². The van der Waals surface area contributed by atoms with E-state index in [-0.39, 0.29) is 6.10 Å². The van der Waals surface area contributed by atoms with Gasteiger partial charge in [-0.15, -0.1) is 0 Å². The van der Waals surface area contributed by atoms with Gasteiger partial charge in [0.2, 0.25) is 0 Å². The lowest BCUT2D eigenvalue weighted by atomic mass is 10.1. The van der Waals surface area contributed by atoms with Crippen molar-refractivity contribution in [1.82, 2.24) is 20.1 Å². The third-order valence-electron chi connectivity index (χ3n) is 3.36. The summed E-state index contributed by atoms with van der Waals surface area (Å²) in [4.78, 5) is 4.42. The fourth-order valence-corrected chi connectivity index (χ4v) is 2.25. The molecule has 0 radical (unpaired) electrons. The average Bonchev–Trinajstić information content (AvgIpc) is 2.82. The zero-order valence-electron chi connectivity index (χ0n) is 13.6. The lowest BCUT2D eigenvalue weighted by molar-refractivity contribution is 0.0999. The lowest BCUT2D eigenvalue weighted by Crippen LogP contribution is -2.36. The molecule has 2 unspecified atom stereocenters. The minimum Gasteiger partial charge on any atom is -0.382 e. The molecule has 116 valence electrons. The van der Waals surface area contributed by atoms with Crippen LogP contribution in [0, 0.1) is 5.92 Å². The minimum absolute atomic E-state index is 0.255. The Kier molecular flexibility index (Phi) is 7.77. The summed E-state index contributed by atoms with van der Waals surface area (Å²) in [7, 11) is 1.77. The van der Waals surface area contributed by atoms with Crippen LogP contribution >= 0.6 is 0 Å². The van der Waals surface area contributed by atoms with E-state index in [4.69, 9.17) is 4.74 Å². The van der Waals surface area contributed by atoms with Crippen molar-refractivity contribution < 1.29 is 4.74 Å². The van der Waals surface area contributed by atoms with Crippen LogP contribution in [-0.4, -0.2) is 40.6 Å². The number of methoxy groups -OCH3 is 1. The fourth-order valence-electron chi connectivity index (χ4n) is 2.25. The molecule has 5 nitrogen and oxygen atoms in total. The first-order valence-corrected chi connectivity index (χ1v) is 7.69. The Balaban J connectivity index is 2.65. The van der Waals surface area contributed by atoms with Gasteiger partial charge in [0.05, 0.1) is 6.10 Å². The first-order valence-electron chi connectivity index (χ1n) is 7.69. The highest BCUT2D eigenvalue weighted by Crippen LogP contribution is 2.09. The first kappa shape index (κ1) is 17.1. The van der Waals surface area contributed by atoms with Crippen LogP contribution in [0.15, 0.2) is 6.33 Å². The lowest BCUT2D eigenvalue weighted by Gasteiger charge is -2.21. The van der Waals surface area contributed by atoms with Crippen LogP contribution in [0.25, 0.3) is 0 Å². The molecule has 0 aliphatic rings. The van der Waals surface area contributed by atoms with E-state index >= 15 is 0 Å². The number of nitrogens with zero attached hydrogens (tertiary/aromatic N) is 3. The van der Waals surface area contributed by atoms with Crippen molar-refractivity contribution in [2.75, 3.05) is 13.7 Å². The molecule has 0 amide bonds. The molecule has 0 saturated heterocycles. The van der Waals surface area contributed by atoms with Crippen molar-refractivity contribution in [3.05, 3.63) is 12.2 Å². The molecule has 1 rings (SSSR count). The van der Waals surface area contributed by atoms with Gasteiger partial charge in [-0.1, -0.05) is 20.8 Å². The van der Waals surface area contributed by atoms with Gasteiger partial charge in [-0.25, -0.2) is 9.67 Å². The van der Waals surface area contributed by atoms with E-state index in [1.807, 2.05) is 4.68 Å². The number of hydrogen-bond donors (Lipinski definition) is 1. The van der Waals surface area contributed by atoms with Crippen LogP contribution in [0.3, 0.4) is 0 Å². The summed E-state index contributed by atoms with van der Waals surface area (Å²) >= 11 is 0. The number of aromatic nitrogens is 3. The third-order valence-corrected chi connectivity index (χ3v) is 3.36. The Labute approximate surface area is 123 Å². The summed E-state index contributed by atoms with van der Waals surface area (Å²) in [5.41, 5.74) is 0. The average molecular weight is 282 g/mol. The smallest absolute Gasteiger partial charge is 0.138 e. The van der Waals surface area contributed by atoms with Gasteiger partial charge in [-0.2, -0.15) is 5.10 Å². The molecule has 0 spiro atoms. The van der Waals surface area contributed by atoms with Crippen molar-refractivity contribution in [3.8, 4) is 0 Å². The van der Waals surface area contributed by atoms with Crippen LogP contribution in [0.2, 0.25) is 0 Å². The maximum Gasteiger partial charge on any atom is 0.138 e. The van der Waals surface area contributed by atoms with Gasteiger partial charge in [0.1, 0.15) is 12.2 Å². The largest absolute Gasteiger partial charge is 0.382 e. The predicted molar refractivity (Wildman–Crippen MR) is 81.7 cm³/mol. The van der Waals surface area contributed by atoms with Gasteiger partial charge in [0, 0.05) is 26.1 Å². The van der Waals surface area contributed by atoms with Crippen LogP contribution in [0.1, 0.15) is 46.4 Å². The van der Waals surface area contributed by atoms with Crippen molar-refractivity contribution in [2.24, 2.45) is 5.92 Å². The molecule has 0 aliphatic heterocycles. The minimum atomic E-state index is 0.255. The normalized spacial score (nSPS) is 14.7. The Morgan fingerprint density at radius 2 is 2.10 bits per heavy atom. The van der Waals surface area contributed by atoms with Crippen LogP contribution < -0.4 is 5.32 Å². The van der Waals surface area contributed by atoms with E-state index in [1.165, 1.54) is 0 Å². The monoisotopic (exact) mass is 282 g/mol. The summed E-state index contributed by atoms with van der Waals surface area (Å²) in [5, 5.41) is 7.93. The van der Waals surface area contributed by atoms with E-state index in [0.29, 0.717) is 12.0 Å². The molecule has 0 bridgehead atoms. The number of nitrogens with one attached hydrogen (secondary N) is 1. The molecular weight excluding hydrogens is 252 g/mol. The van der Waals surface area contributed by atoms with Crippen molar-refractivity contribution in [3.63, 3.8) is 0 Å². The third kappa shape index (κ3) is 6.01. The summed E-state index contributed by atoms with van der Waals surface area (Å²) in [6.07, 6.45) is 4.95. The van der Waals surface area contributed by atoms with Gasteiger partial charge < -0.3 is 10.1 Å². The second-order valence-electron chi connectivity index (χ2n) is 5.89. The second-order valence-corrected chi connectivity index (χ2v) is 5.89. The SMILES string of the molecule is CCCNC(Cc1ncnn1CC(C)C)CC(C)OC. The van der Waals surface area contributed by atoms with E-state index in [9.17, 15) is 0 Å². The van der Waals surface area contributed by atoms with Crippen LogP contribution in [-0.2, 0) is 17.7 Å². The topological polar surface area (TPSA) is 52.0 Å². The second kappa shape index (κ2) is 9.08. The Morgan fingerprint density at radius 1 is 1.35 bits per heavy atom. The molecular formula is C15H30N4O. The molecule has 1 N–H and O–H groups in total. The molecule has 5 heteroatoms. The Morgan fingerprint density at radius 3 is 2.70 bits per heavy atom.